The molecule has 0 aromatic heterocycles. The van der Waals surface area contributed by atoms with E-state index in [1.165, 1.54) is 21.0 Å². The molecule has 2 aromatic rings. The third kappa shape index (κ3) is 9.89. The van der Waals surface area contributed by atoms with Crippen LogP contribution in [0.2, 0.25) is 0 Å². The molecule has 0 spiro atoms. The quantitative estimate of drug-likeness (QED) is 0.270. The highest BCUT2D eigenvalue weighted by atomic mass is 16.6. The molecule has 35 heavy (non-hydrogen) atoms. The first-order chi connectivity index (χ1) is 16.7. The Kier molecular flexibility index (Phi) is 11.4. The summed E-state index contributed by atoms with van der Waals surface area (Å²) in [6.45, 7) is 4.89. The molecule has 0 unspecified atom stereocenters. The Morgan fingerprint density at radius 2 is 1.51 bits per heavy atom. The number of carbonyl (C=O) groups excluding carboxylic acids is 2. The SMILES string of the molecule is CCCCC[C@@H](C[C@@H](CCc1cc(Cc2ccc(O)cc2)c(O)c(OC)c1)OC(C)=O)OC(C)=O. The monoisotopic (exact) mass is 486 g/mol. The van der Waals surface area contributed by atoms with E-state index in [2.05, 4.69) is 6.92 Å². The molecule has 2 rings (SSSR count). The lowest BCUT2D eigenvalue weighted by atomic mass is 9.96. The first kappa shape index (κ1) is 28.0. The molecule has 0 aliphatic heterocycles. The zero-order chi connectivity index (χ0) is 25.8. The fraction of sp³-hybridized carbons (Fsp3) is 0.500. The number of aromatic hydroxyl groups is 2. The summed E-state index contributed by atoms with van der Waals surface area (Å²) in [5.74, 6) is -0.0800. The number of esters is 2. The molecule has 2 atom stereocenters. The molecule has 0 aliphatic carbocycles. The van der Waals surface area contributed by atoms with Crippen LogP contribution in [0.5, 0.6) is 17.2 Å². The fourth-order valence-corrected chi connectivity index (χ4v) is 4.16. The van der Waals surface area contributed by atoms with Crippen LogP contribution < -0.4 is 4.74 Å². The van der Waals surface area contributed by atoms with Gasteiger partial charge in [-0.1, -0.05) is 38.0 Å². The van der Waals surface area contributed by atoms with Crippen LogP contribution in [-0.4, -0.2) is 41.5 Å². The molecule has 0 heterocycles. The highest BCUT2D eigenvalue weighted by molar-refractivity contribution is 5.66. The van der Waals surface area contributed by atoms with Gasteiger partial charge in [0.15, 0.2) is 11.5 Å². The second-order valence-electron chi connectivity index (χ2n) is 8.88. The van der Waals surface area contributed by atoms with E-state index < -0.39 is 6.10 Å². The Hall–Kier alpha value is -3.22. The first-order valence-corrected chi connectivity index (χ1v) is 12.2. The number of phenols is 2. The van der Waals surface area contributed by atoms with Crippen LogP contribution in [0, 0.1) is 0 Å². The number of rotatable bonds is 14. The van der Waals surface area contributed by atoms with Gasteiger partial charge >= 0.3 is 11.9 Å². The Morgan fingerprint density at radius 1 is 0.886 bits per heavy atom. The third-order valence-corrected chi connectivity index (χ3v) is 5.84. The van der Waals surface area contributed by atoms with Crippen molar-refractivity contribution in [1.82, 2.24) is 0 Å². The average molecular weight is 487 g/mol. The van der Waals surface area contributed by atoms with Gasteiger partial charge in [-0.15, -0.1) is 0 Å². The first-order valence-electron chi connectivity index (χ1n) is 12.2. The van der Waals surface area contributed by atoms with Gasteiger partial charge in [-0.05, 0) is 55.0 Å². The highest BCUT2D eigenvalue weighted by Crippen LogP contribution is 2.34. The van der Waals surface area contributed by atoms with E-state index in [9.17, 15) is 19.8 Å². The van der Waals surface area contributed by atoms with Crippen molar-refractivity contribution in [3.05, 3.63) is 53.1 Å². The molecule has 0 fully saturated rings. The minimum Gasteiger partial charge on any atom is -0.508 e. The predicted molar refractivity (Wildman–Crippen MR) is 134 cm³/mol. The lowest BCUT2D eigenvalue weighted by Crippen LogP contribution is -2.27. The van der Waals surface area contributed by atoms with E-state index in [1.54, 1.807) is 30.3 Å². The van der Waals surface area contributed by atoms with Crippen LogP contribution in [0.4, 0.5) is 0 Å². The zero-order valence-electron chi connectivity index (χ0n) is 21.2. The van der Waals surface area contributed by atoms with Gasteiger partial charge in [0.2, 0.25) is 0 Å². The van der Waals surface area contributed by atoms with Crippen molar-refractivity contribution in [2.75, 3.05) is 7.11 Å². The molecule has 0 bridgehead atoms. The predicted octanol–water partition coefficient (Wildman–Crippen LogP) is 5.46. The summed E-state index contributed by atoms with van der Waals surface area (Å²) >= 11 is 0. The zero-order valence-corrected chi connectivity index (χ0v) is 21.2. The maximum absolute atomic E-state index is 11.8. The van der Waals surface area contributed by atoms with E-state index >= 15 is 0 Å². The number of aryl methyl sites for hydroxylation is 1. The number of hydrogen-bond acceptors (Lipinski definition) is 7. The fourth-order valence-electron chi connectivity index (χ4n) is 4.16. The van der Waals surface area contributed by atoms with Crippen LogP contribution in [0.1, 0.15) is 76.0 Å². The van der Waals surface area contributed by atoms with E-state index in [1.807, 2.05) is 6.07 Å². The summed E-state index contributed by atoms with van der Waals surface area (Å²) in [5, 5.41) is 20.2. The number of carbonyl (C=O) groups is 2. The lowest BCUT2D eigenvalue weighted by molar-refractivity contribution is -0.153. The molecule has 192 valence electrons. The van der Waals surface area contributed by atoms with Crippen molar-refractivity contribution in [1.29, 1.82) is 0 Å². The van der Waals surface area contributed by atoms with Crippen molar-refractivity contribution in [3.63, 3.8) is 0 Å². The van der Waals surface area contributed by atoms with Gasteiger partial charge in [-0.3, -0.25) is 9.59 Å². The number of ether oxygens (including phenoxy) is 3. The highest BCUT2D eigenvalue weighted by Gasteiger charge is 2.22. The van der Waals surface area contributed by atoms with Crippen molar-refractivity contribution in [2.24, 2.45) is 0 Å². The minimum absolute atomic E-state index is 0.0757. The van der Waals surface area contributed by atoms with Gasteiger partial charge in [0.25, 0.3) is 0 Å². The van der Waals surface area contributed by atoms with Crippen LogP contribution in [0.3, 0.4) is 0 Å². The largest absolute Gasteiger partial charge is 0.508 e. The Bertz CT molecular complexity index is 953. The standard InChI is InChI=1S/C28H38O7/c1-5-6-7-8-25(34-19(2)29)18-26(35-20(3)30)14-11-22-16-23(28(32)27(17-22)33-4)15-21-9-12-24(31)13-10-21/h9-10,12-13,16-17,25-26,31-32H,5-8,11,14-15,18H2,1-4H3/t25-,26+/m0/s1. The van der Waals surface area contributed by atoms with E-state index in [4.69, 9.17) is 14.2 Å². The molecule has 0 saturated heterocycles. The second-order valence-corrected chi connectivity index (χ2v) is 8.88. The van der Waals surface area contributed by atoms with E-state index in [-0.39, 0.29) is 29.5 Å². The number of phenolic OH excluding ortho intramolecular Hbond substituents is 2. The van der Waals surface area contributed by atoms with Gasteiger partial charge in [0, 0.05) is 32.3 Å². The van der Waals surface area contributed by atoms with Crippen molar-refractivity contribution < 1.29 is 34.0 Å². The second kappa shape index (κ2) is 14.2. The molecule has 7 nitrogen and oxygen atoms in total. The number of benzene rings is 2. The van der Waals surface area contributed by atoms with Gasteiger partial charge in [-0.25, -0.2) is 0 Å². The summed E-state index contributed by atoms with van der Waals surface area (Å²) in [7, 11) is 1.50. The van der Waals surface area contributed by atoms with Gasteiger partial charge in [0.05, 0.1) is 7.11 Å². The summed E-state index contributed by atoms with van der Waals surface area (Å²) < 4.78 is 16.5. The normalized spacial score (nSPS) is 12.6. The van der Waals surface area contributed by atoms with Crippen LogP contribution in [0.25, 0.3) is 0 Å². The summed E-state index contributed by atoms with van der Waals surface area (Å²) in [6, 6.07) is 10.5. The maximum Gasteiger partial charge on any atom is 0.302 e. The summed E-state index contributed by atoms with van der Waals surface area (Å²) in [5.41, 5.74) is 2.57. The van der Waals surface area contributed by atoms with Crippen molar-refractivity contribution in [2.45, 2.75) is 84.3 Å². The van der Waals surface area contributed by atoms with Gasteiger partial charge < -0.3 is 24.4 Å². The molecule has 0 amide bonds. The summed E-state index contributed by atoms with van der Waals surface area (Å²) in [4.78, 5) is 23.4. The smallest absolute Gasteiger partial charge is 0.302 e. The molecule has 2 N–H and O–H groups in total. The molecule has 0 saturated carbocycles. The van der Waals surface area contributed by atoms with E-state index in [0.29, 0.717) is 37.0 Å². The number of unbranched alkanes of at least 4 members (excludes halogenated alkanes) is 2. The Labute approximate surface area is 208 Å². The lowest BCUT2D eigenvalue weighted by Gasteiger charge is -2.24. The number of hydrogen-bond donors (Lipinski definition) is 2. The third-order valence-electron chi connectivity index (χ3n) is 5.84. The molecule has 7 heteroatoms. The van der Waals surface area contributed by atoms with Crippen molar-refractivity contribution >= 4 is 11.9 Å². The van der Waals surface area contributed by atoms with Crippen LogP contribution in [-0.2, 0) is 31.9 Å². The maximum atomic E-state index is 11.8. The average Bonchev–Trinajstić information content (AvgIpc) is 2.80. The van der Waals surface area contributed by atoms with E-state index in [0.717, 1.165) is 36.8 Å². The van der Waals surface area contributed by atoms with Crippen LogP contribution in [0.15, 0.2) is 36.4 Å². The van der Waals surface area contributed by atoms with Gasteiger partial charge in [-0.2, -0.15) is 0 Å². The molecule has 2 aromatic carbocycles. The topological polar surface area (TPSA) is 102 Å². The molecular formula is C28H38O7. The summed E-state index contributed by atoms with van der Waals surface area (Å²) in [6.07, 6.45) is 5.11. The molecule has 0 aliphatic rings. The number of methoxy groups -OCH3 is 1. The minimum atomic E-state index is -0.404. The molecular weight excluding hydrogens is 448 g/mol. The molecule has 0 radical (unpaired) electrons. The Morgan fingerprint density at radius 3 is 2.09 bits per heavy atom. The Balaban J connectivity index is 2.17. The van der Waals surface area contributed by atoms with Gasteiger partial charge in [0.1, 0.15) is 18.0 Å². The van der Waals surface area contributed by atoms with Crippen molar-refractivity contribution in [3.8, 4) is 17.2 Å². The van der Waals surface area contributed by atoms with Crippen LogP contribution >= 0.6 is 0 Å².